The molecule has 0 fully saturated rings. The molecule has 57 heavy (non-hydrogen) atoms. The van der Waals surface area contributed by atoms with Gasteiger partial charge in [0.2, 0.25) is 18.7 Å². The minimum Gasteiger partial charge on any atom is -0.454 e. The fourth-order valence-electron chi connectivity index (χ4n) is 4.78. The molecule has 0 saturated heterocycles. The topological polar surface area (TPSA) is 204 Å². The summed E-state index contributed by atoms with van der Waals surface area (Å²) < 4.78 is 48.8. The van der Waals surface area contributed by atoms with Gasteiger partial charge >= 0.3 is 18.2 Å². The summed E-state index contributed by atoms with van der Waals surface area (Å²) in [7, 11) is 0. The highest BCUT2D eigenvalue weighted by molar-refractivity contribution is 6.00. The first-order valence-corrected chi connectivity index (χ1v) is 16.6. The molecule has 0 aliphatic carbocycles. The van der Waals surface area contributed by atoms with E-state index in [0.29, 0.717) is 45.3 Å². The van der Waals surface area contributed by atoms with Crippen LogP contribution in [0.4, 0.5) is 57.4 Å². The van der Waals surface area contributed by atoms with Crippen LogP contribution >= 0.6 is 0 Å². The third-order valence-corrected chi connectivity index (χ3v) is 7.37. The molecule has 0 bridgehead atoms. The number of ether oxygens (including phenoxy) is 2. The van der Waals surface area contributed by atoms with Crippen LogP contribution in [-0.2, 0) is 6.18 Å². The predicted molar refractivity (Wildman–Crippen MR) is 207 cm³/mol. The molecule has 7 rings (SSSR count). The van der Waals surface area contributed by atoms with E-state index in [1.807, 2.05) is 6.07 Å². The second-order valence-corrected chi connectivity index (χ2v) is 11.6. The summed E-state index contributed by atoms with van der Waals surface area (Å²) in [6, 6.07) is 22.4. The van der Waals surface area contributed by atoms with Crippen molar-refractivity contribution in [3.05, 3.63) is 144 Å². The van der Waals surface area contributed by atoms with Gasteiger partial charge in [-0.15, -0.1) is 0 Å². The molecule has 4 aromatic carbocycles. The maximum absolute atomic E-state index is 12.8. The average molecular weight is 771 g/mol. The molecule has 4 amide bonds. The summed E-state index contributed by atoms with van der Waals surface area (Å²) in [5.74, 6) is 13.3. The number of amides is 4. The lowest BCUT2D eigenvalue weighted by Crippen LogP contribution is -2.19. The van der Waals surface area contributed by atoms with E-state index in [1.54, 1.807) is 73.1 Å². The number of carbonyl (C=O) groups excluding carboxylic acids is 2. The van der Waals surface area contributed by atoms with Crippen LogP contribution < -0.4 is 42.2 Å². The summed E-state index contributed by atoms with van der Waals surface area (Å²) >= 11 is 0. The van der Waals surface area contributed by atoms with Gasteiger partial charge in [0.25, 0.3) is 0 Å². The van der Waals surface area contributed by atoms with Crippen molar-refractivity contribution in [3.63, 3.8) is 0 Å². The highest BCUT2D eigenvalue weighted by Crippen LogP contribution is 2.34. The van der Waals surface area contributed by atoms with E-state index in [1.165, 1.54) is 24.5 Å². The van der Waals surface area contributed by atoms with Crippen molar-refractivity contribution in [3.8, 4) is 35.2 Å². The van der Waals surface area contributed by atoms with Crippen LogP contribution in [0, 0.1) is 23.7 Å². The van der Waals surface area contributed by atoms with Gasteiger partial charge in [-0.2, -0.15) is 13.2 Å². The van der Waals surface area contributed by atoms with E-state index >= 15 is 0 Å². The minimum atomic E-state index is -4.49. The third kappa shape index (κ3) is 11.6. The highest BCUT2D eigenvalue weighted by Gasteiger charge is 2.30. The number of fused-ring (bicyclic) bond motifs is 1. The van der Waals surface area contributed by atoms with E-state index < -0.39 is 17.8 Å². The molecule has 284 valence electrons. The van der Waals surface area contributed by atoms with Gasteiger partial charge in [-0.1, -0.05) is 41.9 Å². The number of aromatic nitrogens is 4. The molecule has 0 spiro atoms. The van der Waals surface area contributed by atoms with E-state index in [2.05, 4.69) is 64.9 Å². The number of nitrogens with two attached hydrogens (primary N) is 2. The summed E-state index contributed by atoms with van der Waals surface area (Å²) in [5.41, 5.74) is 14.2. The van der Waals surface area contributed by atoms with Crippen molar-refractivity contribution in [1.29, 1.82) is 0 Å². The highest BCUT2D eigenvalue weighted by atomic mass is 19.4. The smallest absolute Gasteiger partial charge is 0.416 e. The Kier molecular flexibility index (Phi) is 11.9. The molecule has 1 aliphatic heterocycles. The Morgan fingerprint density at radius 1 is 0.544 bits per heavy atom. The molecule has 3 heterocycles. The van der Waals surface area contributed by atoms with Crippen LogP contribution in [0.15, 0.2) is 116 Å². The van der Waals surface area contributed by atoms with Gasteiger partial charge in [-0.05, 0) is 66.7 Å². The molecule has 1 aliphatic rings. The number of carbonyl (C=O) groups is 2. The number of hydrogen-bond acceptors (Lipinski definition) is 10. The molecule has 0 atom stereocenters. The zero-order chi connectivity index (χ0) is 40.2. The van der Waals surface area contributed by atoms with Gasteiger partial charge < -0.3 is 42.2 Å². The molecule has 0 saturated carbocycles. The molecule has 17 heteroatoms. The Hall–Kier alpha value is -8.31. The molecular formula is C40H29F3N10O4. The normalized spacial score (nSPS) is 10.9. The van der Waals surface area contributed by atoms with E-state index in [-0.39, 0.29) is 30.4 Å². The second-order valence-electron chi connectivity index (χ2n) is 11.6. The molecule has 8 N–H and O–H groups in total. The minimum absolute atomic E-state index is 0.0246. The summed E-state index contributed by atoms with van der Waals surface area (Å²) in [6.45, 7) is 0.182. The van der Waals surface area contributed by atoms with Crippen LogP contribution in [0.3, 0.4) is 0 Å². The Balaban J connectivity index is 0.000000193. The van der Waals surface area contributed by atoms with Crippen LogP contribution in [0.5, 0.6) is 11.5 Å². The number of rotatable bonds is 4. The maximum Gasteiger partial charge on any atom is 0.416 e. The van der Waals surface area contributed by atoms with Crippen LogP contribution in [0.25, 0.3) is 0 Å². The number of nitrogens with zero attached hydrogens (tertiary/aromatic N) is 4. The first-order chi connectivity index (χ1) is 27.4. The second kappa shape index (κ2) is 17.7. The third-order valence-electron chi connectivity index (χ3n) is 7.37. The van der Waals surface area contributed by atoms with Crippen molar-refractivity contribution in [1.82, 2.24) is 19.9 Å². The number of nitrogens with one attached hydrogen (secondary N) is 4. The molecular weight excluding hydrogens is 742 g/mol. The van der Waals surface area contributed by atoms with Crippen LogP contribution in [0.2, 0.25) is 0 Å². The zero-order valence-corrected chi connectivity index (χ0v) is 29.4. The summed E-state index contributed by atoms with van der Waals surface area (Å²) in [5, 5.41) is 10.5. The number of halogens is 3. The maximum atomic E-state index is 12.8. The van der Waals surface area contributed by atoms with Crippen molar-refractivity contribution >= 4 is 46.7 Å². The fourth-order valence-corrected chi connectivity index (χ4v) is 4.78. The van der Waals surface area contributed by atoms with Crippen molar-refractivity contribution in [2.45, 2.75) is 6.18 Å². The van der Waals surface area contributed by atoms with Crippen molar-refractivity contribution in [2.24, 2.45) is 0 Å². The van der Waals surface area contributed by atoms with Gasteiger partial charge in [0.1, 0.15) is 0 Å². The number of urea groups is 2. The van der Waals surface area contributed by atoms with E-state index in [4.69, 9.17) is 20.9 Å². The number of anilines is 6. The largest absolute Gasteiger partial charge is 0.454 e. The molecule has 0 unspecified atom stereocenters. The summed E-state index contributed by atoms with van der Waals surface area (Å²) in [6.07, 6.45) is 1.59. The number of nitrogen functional groups attached to an aromatic ring is 2. The Labute approximate surface area is 322 Å². The lowest BCUT2D eigenvalue weighted by molar-refractivity contribution is -0.137. The Morgan fingerprint density at radius 3 is 1.46 bits per heavy atom. The van der Waals surface area contributed by atoms with Gasteiger partial charge in [0.15, 0.2) is 11.5 Å². The van der Waals surface area contributed by atoms with Crippen molar-refractivity contribution in [2.75, 3.05) is 39.5 Å². The number of hydrogen-bond donors (Lipinski definition) is 6. The monoisotopic (exact) mass is 770 g/mol. The molecule has 0 radical (unpaired) electrons. The molecule has 6 aromatic rings. The van der Waals surface area contributed by atoms with Crippen LogP contribution in [-0.4, -0.2) is 38.8 Å². The predicted octanol–water partition coefficient (Wildman–Crippen LogP) is 6.95. The molecule has 14 nitrogen and oxygen atoms in total. The van der Waals surface area contributed by atoms with E-state index in [9.17, 15) is 22.8 Å². The zero-order valence-electron chi connectivity index (χ0n) is 29.4. The average Bonchev–Trinajstić information content (AvgIpc) is 3.66. The van der Waals surface area contributed by atoms with Gasteiger partial charge in [0, 0.05) is 64.7 Å². The number of alkyl halides is 3. The van der Waals surface area contributed by atoms with Crippen LogP contribution in [0.1, 0.15) is 27.8 Å². The SMILES string of the molecule is Nc1ncc(C#Cc2cccc(NC(=O)Nc3ccc4c(c3)OCO4)c2)cn1.Nc1ncc(C#Cc2cccc(NC(=O)Nc3cccc(C(F)(F)F)c3)c2)cn1. The van der Waals surface area contributed by atoms with Crippen molar-refractivity contribution < 1.29 is 32.2 Å². The Morgan fingerprint density at radius 2 is 0.965 bits per heavy atom. The van der Waals surface area contributed by atoms with E-state index in [0.717, 1.165) is 17.7 Å². The Bertz CT molecular complexity index is 2530. The fraction of sp³-hybridized carbons (Fsp3) is 0.0500. The van der Waals surface area contributed by atoms with Gasteiger partial charge in [-0.25, -0.2) is 29.5 Å². The summed E-state index contributed by atoms with van der Waals surface area (Å²) in [4.78, 5) is 39.8. The first kappa shape index (κ1) is 38.4. The first-order valence-electron chi connectivity index (χ1n) is 16.6. The standard InChI is InChI=1S/C20H14F3N5O.C20H15N5O3/c21-20(22,23)15-4-2-6-17(10-15)28-19(29)27-16-5-1-3-13(9-16)7-8-14-11-25-18(24)26-12-14;21-19-22-10-14(11-23-19)5-4-13-2-1-3-15(8-13)24-20(26)25-16-6-7-17-18(9-16)28-12-27-17/h1-6,9-12H,(H2,24,25,26)(H2,27,28,29);1-3,6-11H,12H2,(H2,21,22,23)(H2,24,25,26). The van der Waals surface area contributed by atoms with Gasteiger partial charge in [-0.3, -0.25) is 0 Å². The van der Waals surface area contributed by atoms with Gasteiger partial charge in [0.05, 0.1) is 16.7 Å². The lowest BCUT2D eigenvalue weighted by Gasteiger charge is -2.11. The molecule has 2 aromatic heterocycles. The quantitative estimate of drug-likeness (QED) is 0.102. The lowest BCUT2D eigenvalue weighted by atomic mass is 10.2. The number of benzene rings is 4.